The van der Waals surface area contributed by atoms with E-state index in [-0.39, 0.29) is 24.1 Å². The van der Waals surface area contributed by atoms with Gasteiger partial charge in [0, 0.05) is 28.7 Å². The number of likely N-dealkylation sites (N-methyl/N-ethyl adjacent to an activating group) is 1. The third-order valence-corrected chi connectivity index (χ3v) is 6.67. The number of methoxy groups -OCH3 is 1. The van der Waals surface area contributed by atoms with Crippen LogP contribution in [0.4, 0.5) is 16.2 Å². The lowest BCUT2D eigenvalue weighted by Gasteiger charge is -2.21. The summed E-state index contributed by atoms with van der Waals surface area (Å²) in [6, 6.07) is 19.3. The number of para-hydroxylation sites is 1. The first-order valence-electron chi connectivity index (χ1n) is 11.7. The number of nitrogens with one attached hydrogen (secondary N) is 2. The second-order valence-corrected chi connectivity index (χ2v) is 9.19. The van der Waals surface area contributed by atoms with Crippen LogP contribution in [0.3, 0.4) is 0 Å². The van der Waals surface area contributed by atoms with E-state index in [1.165, 1.54) is 4.90 Å². The maximum atomic E-state index is 12.8. The van der Waals surface area contributed by atoms with Crippen LogP contribution in [-0.2, 0) is 11.4 Å². The van der Waals surface area contributed by atoms with Crippen molar-refractivity contribution < 1.29 is 19.1 Å². The smallest absolute Gasteiger partial charge is 0.319 e. The van der Waals surface area contributed by atoms with E-state index >= 15 is 0 Å². The van der Waals surface area contributed by atoms with E-state index in [4.69, 9.17) is 32.7 Å². The Kier molecular flexibility index (Phi) is 8.55. The van der Waals surface area contributed by atoms with Crippen LogP contribution in [0.15, 0.2) is 66.7 Å². The second kappa shape index (κ2) is 12.0. The number of halogens is 2. The van der Waals surface area contributed by atoms with Gasteiger partial charge in [-0.25, -0.2) is 9.78 Å². The fourth-order valence-corrected chi connectivity index (χ4v) is 4.33. The summed E-state index contributed by atoms with van der Waals surface area (Å²) in [6.45, 7) is 1.70. The van der Waals surface area contributed by atoms with Crippen molar-refractivity contribution in [1.82, 2.24) is 10.3 Å². The van der Waals surface area contributed by atoms with Crippen molar-refractivity contribution >= 4 is 57.4 Å². The molecule has 0 aliphatic rings. The van der Waals surface area contributed by atoms with E-state index in [2.05, 4.69) is 15.6 Å². The number of urea groups is 1. The number of benzene rings is 3. The molecule has 2 N–H and O–H groups in total. The number of carbonyl (C=O) groups excluding carboxylic acids is 2. The monoisotopic (exact) mass is 552 g/mol. The molecule has 0 bridgehead atoms. The Hall–Kier alpha value is -4.01. The number of hydrogen-bond acceptors (Lipinski definition) is 5. The van der Waals surface area contributed by atoms with Gasteiger partial charge >= 0.3 is 6.03 Å². The molecule has 0 unspecified atom stereocenters. The van der Waals surface area contributed by atoms with Gasteiger partial charge in [0.1, 0.15) is 18.1 Å². The fourth-order valence-electron chi connectivity index (χ4n) is 3.72. The van der Waals surface area contributed by atoms with Gasteiger partial charge < -0.3 is 25.0 Å². The van der Waals surface area contributed by atoms with Gasteiger partial charge in [-0.3, -0.25) is 4.79 Å². The summed E-state index contributed by atoms with van der Waals surface area (Å²) >= 11 is 13.1. The van der Waals surface area contributed by atoms with Crippen molar-refractivity contribution in [2.24, 2.45) is 0 Å². The van der Waals surface area contributed by atoms with Crippen molar-refractivity contribution in [1.29, 1.82) is 0 Å². The summed E-state index contributed by atoms with van der Waals surface area (Å²) in [5.74, 6) is 0.903. The SMILES string of the molecule is COc1ccc(NC(=O)NCC(=O)N(C)c2ccc(Cl)c(COc3cc4ccccc4nc3C)c2Cl)cc1. The third kappa shape index (κ3) is 6.27. The van der Waals surface area contributed by atoms with Gasteiger partial charge in [-0.2, -0.15) is 0 Å². The predicted octanol–water partition coefficient (Wildman–Crippen LogP) is 6.22. The Labute approximate surface area is 230 Å². The number of amides is 3. The lowest BCUT2D eigenvalue weighted by Crippen LogP contribution is -2.40. The summed E-state index contributed by atoms with van der Waals surface area (Å²) in [6.07, 6.45) is 0. The van der Waals surface area contributed by atoms with E-state index in [1.807, 2.05) is 37.3 Å². The van der Waals surface area contributed by atoms with Gasteiger partial charge in [0.15, 0.2) is 0 Å². The lowest BCUT2D eigenvalue weighted by atomic mass is 10.1. The van der Waals surface area contributed by atoms with Crippen LogP contribution >= 0.6 is 23.2 Å². The van der Waals surface area contributed by atoms with Gasteiger partial charge in [-0.05, 0) is 55.5 Å². The molecule has 4 rings (SSSR count). The average Bonchev–Trinajstić information content (AvgIpc) is 2.92. The standard InChI is InChI=1S/C28H26Cl2N4O4/c1-17-25(14-18-6-4-5-7-23(18)32-17)38-16-21-22(29)12-13-24(27(21)30)34(2)26(35)15-31-28(36)33-19-8-10-20(37-3)11-9-19/h4-14H,15-16H2,1-3H3,(H2,31,33,36). The number of ether oxygens (including phenoxy) is 2. The summed E-state index contributed by atoms with van der Waals surface area (Å²) in [4.78, 5) is 31.0. The zero-order valence-electron chi connectivity index (χ0n) is 21.0. The molecule has 1 aromatic heterocycles. The Balaban J connectivity index is 1.40. The van der Waals surface area contributed by atoms with Crippen molar-refractivity contribution in [3.05, 3.63) is 88.0 Å². The highest BCUT2D eigenvalue weighted by Gasteiger charge is 2.19. The Bertz CT molecular complexity index is 1480. The molecule has 1 heterocycles. The molecule has 0 spiro atoms. The number of fused-ring (bicyclic) bond motifs is 1. The lowest BCUT2D eigenvalue weighted by molar-refractivity contribution is -0.117. The summed E-state index contributed by atoms with van der Waals surface area (Å²) in [5, 5.41) is 6.85. The van der Waals surface area contributed by atoms with Crippen molar-refractivity contribution in [2.75, 3.05) is 30.9 Å². The summed E-state index contributed by atoms with van der Waals surface area (Å²) < 4.78 is 11.1. The number of aromatic nitrogens is 1. The first-order valence-corrected chi connectivity index (χ1v) is 12.4. The highest BCUT2D eigenvalue weighted by molar-refractivity contribution is 6.38. The molecule has 0 aliphatic heterocycles. The van der Waals surface area contributed by atoms with E-state index in [1.54, 1.807) is 50.6 Å². The van der Waals surface area contributed by atoms with Crippen LogP contribution in [0.2, 0.25) is 10.0 Å². The number of aryl methyl sites for hydroxylation is 1. The van der Waals surface area contributed by atoms with E-state index in [9.17, 15) is 9.59 Å². The fraction of sp³-hybridized carbons (Fsp3) is 0.179. The molecule has 0 radical (unpaired) electrons. The summed E-state index contributed by atoms with van der Waals surface area (Å²) in [7, 11) is 3.13. The largest absolute Gasteiger partial charge is 0.497 e. The minimum Gasteiger partial charge on any atom is -0.497 e. The molecule has 38 heavy (non-hydrogen) atoms. The summed E-state index contributed by atoms with van der Waals surface area (Å²) in [5.41, 5.74) is 3.14. The quantitative estimate of drug-likeness (QED) is 0.270. The predicted molar refractivity (Wildman–Crippen MR) is 151 cm³/mol. The highest BCUT2D eigenvalue weighted by atomic mass is 35.5. The zero-order valence-corrected chi connectivity index (χ0v) is 22.6. The number of nitrogens with zero attached hydrogens (tertiary/aromatic N) is 2. The molecule has 4 aromatic rings. The van der Waals surface area contributed by atoms with Gasteiger partial charge in [-0.1, -0.05) is 41.4 Å². The van der Waals surface area contributed by atoms with Crippen molar-refractivity contribution in [3.63, 3.8) is 0 Å². The second-order valence-electron chi connectivity index (χ2n) is 8.40. The van der Waals surface area contributed by atoms with E-state index in [0.717, 1.165) is 16.6 Å². The number of rotatable bonds is 8. The van der Waals surface area contributed by atoms with Gasteiger partial charge in [-0.15, -0.1) is 0 Å². The Morgan fingerprint density at radius 2 is 1.76 bits per heavy atom. The molecule has 0 saturated carbocycles. The van der Waals surface area contributed by atoms with Crippen LogP contribution in [0.25, 0.3) is 10.9 Å². The number of carbonyl (C=O) groups is 2. The third-order valence-electron chi connectivity index (χ3n) is 5.89. The molecular formula is C28H26Cl2N4O4. The molecule has 3 aromatic carbocycles. The van der Waals surface area contributed by atoms with E-state index in [0.29, 0.717) is 33.5 Å². The normalized spacial score (nSPS) is 10.7. The number of hydrogen-bond donors (Lipinski definition) is 2. The number of anilines is 2. The maximum Gasteiger partial charge on any atom is 0.319 e. The van der Waals surface area contributed by atoms with E-state index < -0.39 is 6.03 Å². The van der Waals surface area contributed by atoms with Crippen molar-refractivity contribution in [2.45, 2.75) is 13.5 Å². The molecule has 0 fully saturated rings. The van der Waals surface area contributed by atoms with Crippen LogP contribution < -0.4 is 25.0 Å². The Morgan fingerprint density at radius 1 is 1.03 bits per heavy atom. The molecule has 0 atom stereocenters. The molecule has 196 valence electrons. The molecule has 0 aliphatic carbocycles. The molecular weight excluding hydrogens is 527 g/mol. The van der Waals surface area contributed by atoms with Crippen LogP contribution in [0, 0.1) is 6.92 Å². The van der Waals surface area contributed by atoms with Crippen molar-refractivity contribution in [3.8, 4) is 11.5 Å². The molecule has 3 amide bonds. The van der Waals surface area contributed by atoms with Gasteiger partial charge in [0.25, 0.3) is 0 Å². The molecule has 10 heteroatoms. The molecule has 8 nitrogen and oxygen atoms in total. The number of pyridine rings is 1. The minimum absolute atomic E-state index is 0.0803. The minimum atomic E-state index is -0.521. The highest BCUT2D eigenvalue weighted by Crippen LogP contribution is 2.35. The molecule has 0 saturated heterocycles. The first kappa shape index (κ1) is 27.0. The van der Waals surface area contributed by atoms with Crippen LogP contribution in [-0.4, -0.2) is 37.6 Å². The average molecular weight is 553 g/mol. The van der Waals surface area contributed by atoms with Gasteiger partial charge in [0.05, 0.1) is 35.6 Å². The topological polar surface area (TPSA) is 92.8 Å². The maximum absolute atomic E-state index is 12.8. The van der Waals surface area contributed by atoms with Crippen LogP contribution in [0.5, 0.6) is 11.5 Å². The first-order chi connectivity index (χ1) is 18.3. The van der Waals surface area contributed by atoms with Gasteiger partial charge in [0.2, 0.25) is 5.91 Å². The zero-order chi connectivity index (χ0) is 27.2. The van der Waals surface area contributed by atoms with Crippen LogP contribution in [0.1, 0.15) is 11.3 Å². The Morgan fingerprint density at radius 3 is 2.50 bits per heavy atom.